The summed E-state index contributed by atoms with van der Waals surface area (Å²) < 4.78 is 5.64. The molecule has 0 aromatic heterocycles. The summed E-state index contributed by atoms with van der Waals surface area (Å²) in [6.07, 6.45) is 6.49. The van der Waals surface area contributed by atoms with Crippen LogP contribution in [0.15, 0.2) is 0 Å². The van der Waals surface area contributed by atoms with E-state index in [2.05, 4.69) is 4.90 Å². The van der Waals surface area contributed by atoms with E-state index >= 15 is 0 Å². The van der Waals surface area contributed by atoms with Crippen molar-refractivity contribution in [3.05, 3.63) is 0 Å². The molecule has 92 valence electrons. The largest absolute Gasteiger partial charge is 0.393 e. The Hall–Kier alpha value is -0.190. The minimum absolute atomic E-state index is 0.481. The van der Waals surface area contributed by atoms with Crippen LogP contribution in [0, 0.1) is 5.92 Å². The van der Waals surface area contributed by atoms with Gasteiger partial charge in [-0.1, -0.05) is 12.2 Å². The second-order valence-electron chi connectivity index (χ2n) is 4.94. The van der Waals surface area contributed by atoms with Gasteiger partial charge in [-0.3, -0.25) is 0 Å². The predicted molar refractivity (Wildman–Crippen MR) is 69.5 cm³/mol. The van der Waals surface area contributed by atoms with E-state index in [-0.39, 0.29) is 0 Å². The summed E-state index contributed by atoms with van der Waals surface area (Å²) in [5.41, 5.74) is 5.68. The van der Waals surface area contributed by atoms with Crippen LogP contribution in [0.25, 0.3) is 0 Å². The van der Waals surface area contributed by atoms with Crippen LogP contribution >= 0.6 is 12.2 Å². The molecule has 0 saturated carbocycles. The fourth-order valence-electron chi connectivity index (χ4n) is 2.64. The van der Waals surface area contributed by atoms with Crippen molar-refractivity contribution in [2.24, 2.45) is 11.7 Å². The van der Waals surface area contributed by atoms with Gasteiger partial charge in [0.25, 0.3) is 0 Å². The molecule has 2 saturated heterocycles. The lowest BCUT2D eigenvalue weighted by molar-refractivity contribution is 0.0874. The molecule has 2 fully saturated rings. The molecule has 0 aliphatic carbocycles. The smallest absolute Gasteiger partial charge is 0.0759 e. The molecular weight excluding hydrogens is 220 g/mol. The summed E-state index contributed by atoms with van der Waals surface area (Å²) in [4.78, 5) is 3.23. The van der Waals surface area contributed by atoms with E-state index in [1.165, 1.54) is 25.8 Å². The van der Waals surface area contributed by atoms with E-state index in [1.807, 2.05) is 0 Å². The number of hydrogen-bond acceptors (Lipinski definition) is 3. The van der Waals surface area contributed by atoms with Crippen LogP contribution in [0.4, 0.5) is 0 Å². The average Bonchev–Trinajstić information content (AvgIpc) is 2.80. The van der Waals surface area contributed by atoms with Crippen molar-refractivity contribution < 1.29 is 4.74 Å². The van der Waals surface area contributed by atoms with Gasteiger partial charge in [0.15, 0.2) is 0 Å². The first-order valence-corrected chi connectivity index (χ1v) is 6.80. The maximum Gasteiger partial charge on any atom is 0.0759 e. The number of piperidine rings is 1. The molecule has 2 rings (SSSR count). The summed E-state index contributed by atoms with van der Waals surface area (Å²) in [5.74, 6) is 0.481. The molecule has 1 atom stereocenters. The van der Waals surface area contributed by atoms with E-state index in [0.29, 0.717) is 17.0 Å². The molecule has 2 aliphatic rings. The summed E-state index contributed by atoms with van der Waals surface area (Å²) in [5, 5.41) is 0. The number of nitrogens with two attached hydrogens (primary N) is 1. The van der Waals surface area contributed by atoms with E-state index in [4.69, 9.17) is 22.7 Å². The zero-order chi connectivity index (χ0) is 11.4. The number of nitrogens with zero attached hydrogens (tertiary/aromatic N) is 1. The van der Waals surface area contributed by atoms with Crippen LogP contribution in [0.1, 0.15) is 32.1 Å². The molecule has 2 N–H and O–H groups in total. The van der Waals surface area contributed by atoms with Crippen LogP contribution in [0.2, 0.25) is 0 Å². The van der Waals surface area contributed by atoms with Gasteiger partial charge in [-0.15, -0.1) is 0 Å². The predicted octanol–water partition coefficient (Wildman–Crippen LogP) is 1.55. The third-order valence-corrected chi connectivity index (χ3v) is 4.11. The van der Waals surface area contributed by atoms with Gasteiger partial charge in [-0.2, -0.15) is 0 Å². The van der Waals surface area contributed by atoms with Crippen molar-refractivity contribution in [1.82, 2.24) is 4.90 Å². The lowest BCUT2D eigenvalue weighted by Gasteiger charge is -2.31. The number of thiocarbonyl (C=S) groups is 1. The molecule has 0 spiro atoms. The summed E-state index contributed by atoms with van der Waals surface area (Å²) in [6, 6.07) is 0. The lowest BCUT2D eigenvalue weighted by atomic mass is 9.96. The first-order chi connectivity index (χ1) is 7.75. The maximum atomic E-state index is 5.68. The second kappa shape index (κ2) is 5.94. The van der Waals surface area contributed by atoms with E-state index in [0.717, 1.165) is 32.5 Å². The molecule has 3 nitrogen and oxygen atoms in total. The SMILES string of the molecule is NC(=S)C1CCN(CCC2CCCO2)CC1. The Balaban J connectivity index is 1.63. The Morgan fingerprint density at radius 1 is 1.31 bits per heavy atom. The van der Waals surface area contributed by atoms with Gasteiger partial charge in [-0.25, -0.2) is 0 Å². The van der Waals surface area contributed by atoms with Crippen LogP contribution in [0.3, 0.4) is 0 Å². The highest BCUT2D eigenvalue weighted by atomic mass is 32.1. The number of hydrogen-bond donors (Lipinski definition) is 1. The van der Waals surface area contributed by atoms with Gasteiger partial charge in [0.1, 0.15) is 0 Å². The molecule has 1 unspecified atom stereocenters. The molecule has 0 aromatic carbocycles. The maximum absolute atomic E-state index is 5.68. The van der Waals surface area contributed by atoms with Crippen molar-refractivity contribution in [2.45, 2.75) is 38.2 Å². The highest BCUT2D eigenvalue weighted by molar-refractivity contribution is 7.80. The van der Waals surface area contributed by atoms with Gasteiger partial charge in [0.2, 0.25) is 0 Å². The fourth-order valence-corrected chi connectivity index (χ4v) is 2.88. The molecule has 2 heterocycles. The number of ether oxygens (including phenoxy) is 1. The lowest BCUT2D eigenvalue weighted by Crippen LogP contribution is -2.39. The van der Waals surface area contributed by atoms with Gasteiger partial charge >= 0.3 is 0 Å². The van der Waals surface area contributed by atoms with Crippen molar-refractivity contribution in [3.8, 4) is 0 Å². The van der Waals surface area contributed by atoms with E-state index in [9.17, 15) is 0 Å². The molecule has 4 heteroatoms. The minimum atomic E-state index is 0.481. The monoisotopic (exact) mass is 242 g/mol. The van der Waals surface area contributed by atoms with Gasteiger partial charge < -0.3 is 15.4 Å². The van der Waals surface area contributed by atoms with Crippen molar-refractivity contribution in [2.75, 3.05) is 26.2 Å². The fraction of sp³-hybridized carbons (Fsp3) is 0.917. The summed E-state index contributed by atoms with van der Waals surface area (Å²) in [7, 11) is 0. The van der Waals surface area contributed by atoms with Crippen LogP contribution in [0.5, 0.6) is 0 Å². The Kier molecular flexibility index (Phi) is 4.55. The highest BCUT2D eigenvalue weighted by Gasteiger charge is 2.22. The van der Waals surface area contributed by atoms with E-state index in [1.54, 1.807) is 0 Å². The standard InChI is InChI=1S/C12H22N2OS/c13-12(16)10-3-6-14(7-4-10)8-5-11-2-1-9-15-11/h10-11H,1-9H2,(H2,13,16). The topological polar surface area (TPSA) is 38.5 Å². The third kappa shape index (κ3) is 3.40. The molecule has 16 heavy (non-hydrogen) atoms. The first kappa shape index (κ1) is 12.3. The van der Waals surface area contributed by atoms with Crippen molar-refractivity contribution in [1.29, 1.82) is 0 Å². The van der Waals surface area contributed by atoms with Gasteiger partial charge in [-0.05, 0) is 45.2 Å². The quantitative estimate of drug-likeness (QED) is 0.759. The molecular formula is C12H22N2OS. The Labute approximate surface area is 103 Å². The minimum Gasteiger partial charge on any atom is -0.393 e. The zero-order valence-electron chi connectivity index (χ0n) is 9.86. The molecule has 0 amide bonds. The van der Waals surface area contributed by atoms with Gasteiger partial charge in [0.05, 0.1) is 11.1 Å². The highest BCUT2D eigenvalue weighted by Crippen LogP contribution is 2.20. The van der Waals surface area contributed by atoms with Gasteiger partial charge in [0, 0.05) is 19.1 Å². The van der Waals surface area contributed by atoms with Crippen LogP contribution in [-0.2, 0) is 4.74 Å². The average molecular weight is 242 g/mol. The van der Waals surface area contributed by atoms with Crippen LogP contribution in [-0.4, -0.2) is 42.2 Å². The van der Waals surface area contributed by atoms with Crippen molar-refractivity contribution >= 4 is 17.2 Å². The number of likely N-dealkylation sites (tertiary alicyclic amines) is 1. The first-order valence-electron chi connectivity index (χ1n) is 6.39. The Morgan fingerprint density at radius 3 is 2.62 bits per heavy atom. The molecule has 2 aliphatic heterocycles. The third-order valence-electron chi connectivity index (χ3n) is 3.78. The zero-order valence-corrected chi connectivity index (χ0v) is 10.7. The van der Waals surface area contributed by atoms with Crippen molar-refractivity contribution in [3.63, 3.8) is 0 Å². The number of rotatable bonds is 4. The molecule has 0 aromatic rings. The Morgan fingerprint density at radius 2 is 2.06 bits per heavy atom. The summed E-state index contributed by atoms with van der Waals surface area (Å²) in [6.45, 7) is 4.44. The normalized spacial score (nSPS) is 28.4. The van der Waals surface area contributed by atoms with Crippen LogP contribution < -0.4 is 5.73 Å². The van der Waals surface area contributed by atoms with E-state index < -0.39 is 0 Å². The second-order valence-corrected chi connectivity index (χ2v) is 5.41. The molecule has 0 bridgehead atoms. The Bertz CT molecular complexity index is 233. The molecule has 0 radical (unpaired) electrons. The summed E-state index contributed by atoms with van der Waals surface area (Å²) >= 11 is 5.05.